The molecule has 0 spiro atoms. The van der Waals surface area contributed by atoms with Gasteiger partial charge < -0.3 is 14.9 Å². The van der Waals surface area contributed by atoms with E-state index in [1.807, 2.05) is 25.2 Å². The number of aliphatic hydroxyl groups is 1. The summed E-state index contributed by atoms with van der Waals surface area (Å²) < 4.78 is 0. The number of carbonyl (C=O) groups is 1. The maximum absolute atomic E-state index is 12.8. The third-order valence-electron chi connectivity index (χ3n) is 5.02. The number of aromatic nitrogens is 1. The molecule has 23 heavy (non-hydrogen) atoms. The number of hydrogen-bond donors (Lipinski definition) is 1. The van der Waals surface area contributed by atoms with Crippen molar-refractivity contribution in [3.63, 3.8) is 0 Å². The highest BCUT2D eigenvalue weighted by Crippen LogP contribution is 2.47. The van der Waals surface area contributed by atoms with Crippen LogP contribution in [0.4, 0.5) is 5.69 Å². The molecule has 1 aromatic heterocycles. The molecule has 2 aromatic rings. The van der Waals surface area contributed by atoms with Gasteiger partial charge in [0.15, 0.2) is 0 Å². The molecule has 0 unspecified atom stereocenters. The number of likely N-dealkylation sites (N-methyl/N-ethyl adjacent to an activating group) is 1. The number of pyridine rings is 1. The Labute approximate surface area is 135 Å². The minimum Gasteiger partial charge on any atom is -0.394 e. The molecule has 5 nitrogen and oxygen atoms in total. The lowest BCUT2D eigenvalue weighted by Gasteiger charge is -2.58. The third-order valence-corrected chi connectivity index (χ3v) is 5.02. The molecule has 0 radical (unpaired) electrons. The summed E-state index contributed by atoms with van der Waals surface area (Å²) in [5, 5.41) is 9.85. The molecule has 2 aliphatic heterocycles. The minimum atomic E-state index is -0.177. The topological polar surface area (TPSA) is 56.7 Å². The molecular formula is C18H19N3O2. The SMILES string of the molecule is CN1C[C@@H]2[C@H](c3ccccc31)[C@@H](CO)N2C(=O)c1ccccn1. The normalized spacial score (nSPS) is 25.4. The summed E-state index contributed by atoms with van der Waals surface area (Å²) in [6, 6.07) is 13.5. The molecule has 0 bridgehead atoms. The van der Waals surface area contributed by atoms with E-state index in [-0.39, 0.29) is 30.5 Å². The number of aliphatic hydroxyl groups excluding tert-OH is 1. The predicted octanol–water partition coefficient (Wildman–Crippen LogP) is 1.50. The number of rotatable bonds is 2. The molecule has 1 N–H and O–H groups in total. The molecule has 118 valence electrons. The molecule has 1 saturated heterocycles. The van der Waals surface area contributed by atoms with Gasteiger partial charge in [-0.25, -0.2) is 0 Å². The summed E-state index contributed by atoms with van der Waals surface area (Å²) >= 11 is 0. The van der Waals surface area contributed by atoms with Gasteiger partial charge in [0.05, 0.1) is 18.7 Å². The fraction of sp³-hybridized carbons (Fsp3) is 0.333. The van der Waals surface area contributed by atoms with E-state index in [2.05, 4.69) is 22.0 Å². The molecule has 1 fully saturated rings. The first-order chi connectivity index (χ1) is 11.2. The number of amides is 1. The maximum Gasteiger partial charge on any atom is 0.273 e. The second kappa shape index (κ2) is 5.35. The van der Waals surface area contributed by atoms with Crippen LogP contribution >= 0.6 is 0 Å². The standard InChI is InChI=1S/C18H19N3O2/c1-20-10-15-17(12-6-2-3-8-14(12)20)16(11-22)21(15)18(23)13-7-4-5-9-19-13/h2-9,15-17,22H,10-11H2,1H3/t15-,16-,17+/m1/s1. The van der Waals surface area contributed by atoms with E-state index < -0.39 is 0 Å². The molecule has 1 aromatic carbocycles. The maximum atomic E-state index is 12.8. The van der Waals surface area contributed by atoms with Gasteiger partial charge in [0, 0.05) is 31.4 Å². The van der Waals surface area contributed by atoms with Crippen LogP contribution in [0.3, 0.4) is 0 Å². The van der Waals surface area contributed by atoms with E-state index in [9.17, 15) is 9.90 Å². The number of benzene rings is 1. The second-order valence-corrected chi connectivity index (χ2v) is 6.21. The van der Waals surface area contributed by atoms with Crippen LogP contribution in [0.15, 0.2) is 48.7 Å². The Morgan fingerprint density at radius 3 is 2.78 bits per heavy atom. The van der Waals surface area contributed by atoms with E-state index in [0.717, 1.165) is 6.54 Å². The zero-order valence-corrected chi connectivity index (χ0v) is 13.0. The van der Waals surface area contributed by atoms with Gasteiger partial charge in [-0.15, -0.1) is 0 Å². The van der Waals surface area contributed by atoms with Gasteiger partial charge in [0.1, 0.15) is 5.69 Å². The van der Waals surface area contributed by atoms with Gasteiger partial charge in [0.25, 0.3) is 5.91 Å². The number of likely N-dealkylation sites (tertiary alicyclic amines) is 1. The van der Waals surface area contributed by atoms with E-state index in [1.165, 1.54) is 11.3 Å². The fourth-order valence-electron chi connectivity index (χ4n) is 3.98. The zero-order valence-electron chi connectivity index (χ0n) is 13.0. The van der Waals surface area contributed by atoms with E-state index >= 15 is 0 Å². The average molecular weight is 309 g/mol. The van der Waals surface area contributed by atoms with Gasteiger partial charge in [-0.2, -0.15) is 0 Å². The van der Waals surface area contributed by atoms with Crippen LogP contribution in [0.5, 0.6) is 0 Å². The van der Waals surface area contributed by atoms with Crippen molar-refractivity contribution in [3.8, 4) is 0 Å². The minimum absolute atomic E-state index is 0.0300. The summed E-state index contributed by atoms with van der Waals surface area (Å²) in [6.07, 6.45) is 1.63. The van der Waals surface area contributed by atoms with Gasteiger partial charge >= 0.3 is 0 Å². The molecular weight excluding hydrogens is 290 g/mol. The molecule has 2 aliphatic rings. The van der Waals surface area contributed by atoms with Gasteiger partial charge in [-0.05, 0) is 23.8 Å². The number of anilines is 1. The average Bonchev–Trinajstić information content (AvgIpc) is 2.58. The number of carbonyl (C=O) groups excluding carboxylic acids is 1. The smallest absolute Gasteiger partial charge is 0.273 e. The first-order valence-corrected chi connectivity index (χ1v) is 7.87. The molecule has 3 atom stereocenters. The first kappa shape index (κ1) is 14.2. The first-order valence-electron chi connectivity index (χ1n) is 7.87. The quantitative estimate of drug-likeness (QED) is 0.913. The van der Waals surface area contributed by atoms with Gasteiger partial charge in [-0.3, -0.25) is 9.78 Å². The highest BCUT2D eigenvalue weighted by atomic mass is 16.3. The van der Waals surface area contributed by atoms with Crippen LogP contribution in [-0.2, 0) is 0 Å². The van der Waals surface area contributed by atoms with Crippen molar-refractivity contribution >= 4 is 11.6 Å². The van der Waals surface area contributed by atoms with Crippen molar-refractivity contribution in [2.24, 2.45) is 0 Å². The van der Waals surface area contributed by atoms with E-state index in [0.29, 0.717) is 5.69 Å². The van der Waals surface area contributed by atoms with Crippen molar-refractivity contribution in [1.29, 1.82) is 0 Å². The molecule has 0 saturated carbocycles. The summed E-state index contributed by atoms with van der Waals surface area (Å²) in [5.74, 6) is 0.0961. The summed E-state index contributed by atoms with van der Waals surface area (Å²) in [5.41, 5.74) is 2.85. The molecule has 1 amide bonds. The predicted molar refractivity (Wildman–Crippen MR) is 87.5 cm³/mol. The van der Waals surface area contributed by atoms with Crippen LogP contribution in [0, 0.1) is 0 Å². The van der Waals surface area contributed by atoms with E-state index in [4.69, 9.17) is 0 Å². The van der Waals surface area contributed by atoms with Crippen LogP contribution in [0.25, 0.3) is 0 Å². The summed E-state index contributed by atoms with van der Waals surface area (Å²) in [6.45, 7) is 0.745. The van der Waals surface area contributed by atoms with E-state index in [1.54, 1.807) is 23.2 Å². The Bertz CT molecular complexity index is 734. The summed E-state index contributed by atoms with van der Waals surface area (Å²) in [7, 11) is 2.05. The van der Waals surface area contributed by atoms with Crippen molar-refractivity contribution in [1.82, 2.24) is 9.88 Å². The van der Waals surface area contributed by atoms with Crippen LogP contribution < -0.4 is 4.90 Å². The lowest BCUT2D eigenvalue weighted by molar-refractivity contribution is -0.0249. The Morgan fingerprint density at radius 1 is 1.26 bits per heavy atom. The molecule has 3 heterocycles. The largest absolute Gasteiger partial charge is 0.394 e. The lowest BCUT2D eigenvalue weighted by Crippen LogP contribution is -2.70. The van der Waals surface area contributed by atoms with Crippen molar-refractivity contribution < 1.29 is 9.90 Å². The Kier molecular flexibility index (Phi) is 3.31. The Hall–Kier alpha value is -2.40. The monoisotopic (exact) mass is 309 g/mol. The number of para-hydroxylation sites is 1. The number of nitrogens with zero attached hydrogens (tertiary/aromatic N) is 3. The Morgan fingerprint density at radius 2 is 2.04 bits per heavy atom. The van der Waals surface area contributed by atoms with Crippen molar-refractivity contribution in [2.45, 2.75) is 18.0 Å². The van der Waals surface area contributed by atoms with Crippen LogP contribution in [0.1, 0.15) is 22.0 Å². The molecule has 5 heteroatoms. The zero-order chi connectivity index (χ0) is 16.0. The van der Waals surface area contributed by atoms with Crippen molar-refractivity contribution in [2.75, 3.05) is 25.1 Å². The highest BCUT2D eigenvalue weighted by molar-refractivity contribution is 5.94. The number of hydrogen-bond acceptors (Lipinski definition) is 4. The lowest BCUT2D eigenvalue weighted by atomic mass is 9.72. The second-order valence-electron chi connectivity index (χ2n) is 6.21. The van der Waals surface area contributed by atoms with Crippen molar-refractivity contribution in [3.05, 3.63) is 59.9 Å². The summed E-state index contributed by atoms with van der Waals surface area (Å²) in [4.78, 5) is 21.0. The molecule has 4 rings (SSSR count). The fourth-order valence-corrected chi connectivity index (χ4v) is 3.98. The van der Waals surface area contributed by atoms with Gasteiger partial charge in [-0.1, -0.05) is 24.3 Å². The number of fused-ring (bicyclic) bond motifs is 3. The molecule has 0 aliphatic carbocycles. The third kappa shape index (κ3) is 2.04. The van der Waals surface area contributed by atoms with Gasteiger partial charge in [0.2, 0.25) is 0 Å². The highest BCUT2D eigenvalue weighted by Gasteiger charge is 2.54. The van der Waals surface area contributed by atoms with Crippen LogP contribution in [-0.4, -0.2) is 53.2 Å². The Balaban J connectivity index is 1.69. The van der Waals surface area contributed by atoms with Crippen LogP contribution in [0.2, 0.25) is 0 Å².